The van der Waals surface area contributed by atoms with Gasteiger partial charge in [-0.1, -0.05) is 5.92 Å². The molecule has 1 atom stereocenters. The minimum absolute atomic E-state index is 0.0829. The number of rotatable bonds is 5. The number of amides is 1. The maximum atomic E-state index is 11.1. The molecule has 1 heterocycles. The molecule has 0 saturated carbocycles. The quantitative estimate of drug-likeness (QED) is 0.421. The van der Waals surface area contributed by atoms with Crippen LogP contribution in [0, 0.1) is 11.8 Å². The highest BCUT2D eigenvalue weighted by atomic mass is 16.1. The summed E-state index contributed by atoms with van der Waals surface area (Å²) < 4.78 is 0. The van der Waals surface area contributed by atoms with Crippen molar-refractivity contribution in [2.24, 2.45) is 5.73 Å². The Morgan fingerprint density at radius 1 is 1.56 bits per heavy atom. The van der Waals surface area contributed by atoms with Crippen LogP contribution in [0.2, 0.25) is 0 Å². The van der Waals surface area contributed by atoms with E-state index >= 15 is 0 Å². The number of nitrogens with zero attached hydrogens (tertiary/aromatic N) is 2. The summed E-state index contributed by atoms with van der Waals surface area (Å²) in [7, 11) is 0. The fourth-order valence-electron chi connectivity index (χ4n) is 2.00. The Morgan fingerprint density at radius 2 is 2.33 bits per heavy atom. The Kier molecular flexibility index (Phi) is 5.95. The van der Waals surface area contributed by atoms with Crippen molar-refractivity contribution in [3.05, 3.63) is 11.9 Å². The highest BCUT2D eigenvalue weighted by molar-refractivity contribution is 5.67. The number of carbonyl (C=O) groups is 2. The van der Waals surface area contributed by atoms with Gasteiger partial charge in [0.15, 0.2) is 0 Å². The van der Waals surface area contributed by atoms with Crippen molar-refractivity contribution in [2.75, 3.05) is 19.6 Å². The molecule has 0 radical (unpaired) electrons. The number of allylic oxidation sites excluding steroid dienone is 1. The number of likely N-dealkylation sites (tertiary alicyclic amines) is 1. The fraction of sp³-hybridized carbons (Fsp3) is 0.538. The van der Waals surface area contributed by atoms with Crippen molar-refractivity contribution in [1.82, 2.24) is 9.80 Å². The van der Waals surface area contributed by atoms with E-state index < -0.39 is 0 Å². The Bertz CT molecular complexity index is 381. The molecule has 0 aromatic rings. The summed E-state index contributed by atoms with van der Waals surface area (Å²) in [5.74, 6) is 6.13. The van der Waals surface area contributed by atoms with Crippen molar-refractivity contribution in [2.45, 2.75) is 25.8 Å². The van der Waals surface area contributed by atoms with Gasteiger partial charge < -0.3 is 10.6 Å². The summed E-state index contributed by atoms with van der Waals surface area (Å²) in [5.41, 5.74) is 5.91. The Hall–Kier alpha value is -1.80. The first-order chi connectivity index (χ1) is 8.72. The molecule has 1 unspecified atom stereocenters. The zero-order chi connectivity index (χ0) is 13.4. The van der Waals surface area contributed by atoms with Gasteiger partial charge in [0, 0.05) is 25.2 Å². The molecule has 1 aliphatic heterocycles. The molecule has 1 rings (SSSR count). The van der Waals surface area contributed by atoms with Gasteiger partial charge in [0.25, 0.3) is 0 Å². The number of nitrogens with two attached hydrogens (primary N) is 1. The van der Waals surface area contributed by atoms with Gasteiger partial charge in [-0.05, 0) is 19.8 Å². The summed E-state index contributed by atoms with van der Waals surface area (Å²) in [6.07, 6.45) is 4.71. The van der Waals surface area contributed by atoms with E-state index in [1.165, 1.54) is 11.0 Å². The minimum atomic E-state index is 0.0829. The minimum Gasteiger partial charge on any atom is -0.356 e. The molecular formula is C13H19N3O2. The van der Waals surface area contributed by atoms with Gasteiger partial charge in [-0.25, -0.2) is 0 Å². The van der Waals surface area contributed by atoms with Crippen molar-refractivity contribution in [3.8, 4) is 11.8 Å². The Labute approximate surface area is 108 Å². The summed E-state index contributed by atoms with van der Waals surface area (Å²) in [4.78, 5) is 25.2. The number of piperidine rings is 1. The maximum absolute atomic E-state index is 11.1. The largest absolute Gasteiger partial charge is 0.356 e. The standard InChI is InChI=1S/C13H19N3O2/c1-2-3-7-16(11-18)13(6-9-17)15-8-4-5-12(14)10-15/h6,9,11-12H,4-5,7-8,10,14H2,1H3/b13-6-. The van der Waals surface area contributed by atoms with Crippen LogP contribution in [0.25, 0.3) is 0 Å². The van der Waals surface area contributed by atoms with Gasteiger partial charge in [-0.2, -0.15) is 0 Å². The van der Waals surface area contributed by atoms with E-state index in [4.69, 9.17) is 5.73 Å². The third-order valence-electron chi connectivity index (χ3n) is 2.85. The van der Waals surface area contributed by atoms with Crippen LogP contribution in [0.4, 0.5) is 0 Å². The third-order valence-corrected chi connectivity index (χ3v) is 2.85. The van der Waals surface area contributed by atoms with E-state index in [-0.39, 0.29) is 12.6 Å². The van der Waals surface area contributed by atoms with Crippen LogP contribution in [0.3, 0.4) is 0 Å². The van der Waals surface area contributed by atoms with Gasteiger partial charge in [0.05, 0.1) is 6.54 Å². The maximum Gasteiger partial charge on any atom is 0.216 e. The first kappa shape index (κ1) is 14.3. The second-order valence-corrected chi connectivity index (χ2v) is 4.17. The predicted octanol–water partition coefficient (Wildman–Crippen LogP) is -0.0685. The summed E-state index contributed by atoms with van der Waals surface area (Å²) in [5, 5.41) is 0. The molecule has 5 nitrogen and oxygen atoms in total. The van der Waals surface area contributed by atoms with E-state index in [9.17, 15) is 9.59 Å². The van der Waals surface area contributed by atoms with Crippen molar-refractivity contribution < 1.29 is 9.59 Å². The van der Waals surface area contributed by atoms with Crippen molar-refractivity contribution in [3.63, 3.8) is 0 Å². The summed E-state index contributed by atoms with van der Waals surface area (Å²) in [6.45, 7) is 3.45. The molecule has 0 aromatic carbocycles. The number of carbonyl (C=O) groups excluding carboxylic acids is 2. The highest BCUT2D eigenvalue weighted by Crippen LogP contribution is 2.16. The van der Waals surface area contributed by atoms with Crippen LogP contribution < -0.4 is 5.73 Å². The van der Waals surface area contributed by atoms with E-state index in [0.717, 1.165) is 19.4 Å². The van der Waals surface area contributed by atoms with Gasteiger partial charge in [-0.3, -0.25) is 14.5 Å². The predicted molar refractivity (Wildman–Crippen MR) is 69.1 cm³/mol. The molecule has 18 heavy (non-hydrogen) atoms. The molecule has 1 amide bonds. The van der Waals surface area contributed by atoms with Crippen LogP contribution >= 0.6 is 0 Å². The van der Waals surface area contributed by atoms with Crippen LogP contribution in [-0.4, -0.2) is 48.2 Å². The summed E-state index contributed by atoms with van der Waals surface area (Å²) >= 11 is 0. The SMILES string of the molecule is CC#CCN(C=O)/C(=C\C=O)N1CCCC(N)C1. The smallest absolute Gasteiger partial charge is 0.216 e. The van der Waals surface area contributed by atoms with Gasteiger partial charge >= 0.3 is 0 Å². The number of hydrogen-bond donors (Lipinski definition) is 1. The average Bonchev–Trinajstić information content (AvgIpc) is 2.38. The van der Waals surface area contributed by atoms with Gasteiger partial charge in [-0.15, -0.1) is 5.92 Å². The van der Waals surface area contributed by atoms with Crippen LogP contribution in [0.1, 0.15) is 19.8 Å². The lowest BCUT2D eigenvalue weighted by Crippen LogP contribution is -2.46. The molecule has 0 bridgehead atoms. The fourth-order valence-corrected chi connectivity index (χ4v) is 2.00. The number of hydrogen-bond acceptors (Lipinski definition) is 4. The molecule has 2 N–H and O–H groups in total. The lowest BCUT2D eigenvalue weighted by atomic mass is 10.1. The van der Waals surface area contributed by atoms with E-state index in [1.807, 2.05) is 4.90 Å². The molecule has 98 valence electrons. The van der Waals surface area contributed by atoms with Gasteiger partial charge in [0.1, 0.15) is 12.1 Å². The Balaban J connectivity index is 2.84. The van der Waals surface area contributed by atoms with Crippen LogP contribution in [-0.2, 0) is 9.59 Å². The van der Waals surface area contributed by atoms with Crippen molar-refractivity contribution >= 4 is 12.7 Å². The second kappa shape index (κ2) is 7.51. The molecular weight excluding hydrogens is 230 g/mol. The molecule has 1 saturated heterocycles. The van der Waals surface area contributed by atoms with Crippen molar-refractivity contribution in [1.29, 1.82) is 0 Å². The lowest BCUT2D eigenvalue weighted by molar-refractivity contribution is -0.117. The highest BCUT2D eigenvalue weighted by Gasteiger charge is 2.21. The number of aldehydes is 1. The molecule has 5 heteroatoms. The van der Waals surface area contributed by atoms with Crippen LogP contribution in [0.15, 0.2) is 11.9 Å². The van der Waals surface area contributed by atoms with Crippen LogP contribution in [0.5, 0.6) is 0 Å². The van der Waals surface area contributed by atoms with Gasteiger partial charge in [0.2, 0.25) is 6.41 Å². The van der Waals surface area contributed by atoms with E-state index in [0.29, 0.717) is 25.1 Å². The normalized spacial score (nSPS) is 19.8. The average molecular weight is 249 g/mol. The molecule has 1 fully saturated rings. The molecule has 0 aromatic heterocycles. The van der Waals surface area contributed by atoms with E-state index in [2.05, 4.69) is 11.8 Å². The monoisotopic (exact) mass is 249 g/mol. The molecule has 1 aliphatic rings. The first-order valence-corrected chi connectivity index (χ1v) is 6.00. The topological polar surface area (TPSA) is 66.6 Å². The van der Waals surface area contributed by atoms with E-state index in [1.54, 1.807) is 6.92 Å². The molecule has 0 aliphatic carbocycles. The zero-order valence-electron chi connectivity index (χ0n) is 10.6. The Morgan fingerprint density at radius 3 is 2.89 bits per heavy atom. The lowest BCUT2D eigenvalue weighted by Gasteiger charge is -2.36. The first-order valence-electron chi connectivity index (χ1n) is 6.00. The summed E-state index contributed by atoms with van der Waals surface area (Å²) in [6, 6.07) is 0.0829. The second-order valence-electron chi connectivity index (χ2n) is 4.17. The third kappa shape index (κ3) is 3.90. The molecule has 0 spiro atoms. The zero-order valence-corrected chi connectivity index (χ0v) is 10.6.